The van der Waals surface area contributed by atoms with Crippen LogP contribution in [-0.2, 0) is 0 Å². The standard InChI is InChI=1S/C48H35NOSi/c1-5-15-38(16-6-1)49(39-17-7-2-8-18-39)40-28-32-44(33-29-40)51(41-19-9-3-10-20-41,42-21-11-4-12-22-42)43-30-25-36(26-31-43)37-27-34-46-45-23-13-14-24-47(45)50-48(46)35-37/h1-35H. The van der Waals surface area contributed by atoms with Crippen LogP contribution < -0.4 is 25.6 Å². The summed E-state index contributed by atoms with van der Waals surface area (Å²) < 4.78 is 6.25. The van der Waals surface area contributed by atoms with Crippen LogP contribution in [0.3, 0.4) is 0 Å². The van der Waals surface area contributed by atoms with Crippen molar-refractivity contribution in [3.05, 3.63) is 212 Å². The summed E-state index contributed by atoms with van der Waals surface area (Å²) in [6.45, 7) is 0. The van der Waals surface area contributed by atoms with Gasteiger partial charge in [0.15, 0.2) is 8.07 Å². The van der Waals surface area contributed by atoms with Crippen molar-refractivity contribution in [3.8, 4) is 11.1 Å². The second kappa shape index (κ2) is 13.1. The number of furan rings is 1. The molecule has 51 heavy (non-hydrogen) atoms. The van der Waals surface area contributed by atoms with Gasteiger partial charge in [-0.25, -0.2) is 0 Å². The zero-order valence-electron chi connectivity index (χ0n) is 28.1. The predicted octanol–water partition coefficient (Wildman–Crippen LogP) is 10.1. The molecule has 3 heteroatoms. The molecule has 0 radical (unpaired) electrons. The summed E-state index contributed by atoms with van der Waals surface area (Å²) in [6.07, 6.45) is 0. The number of hydrogen-bond donors (Lipinski definition) is 0. The van der Waals surface area contributed by atoms with Gasteiger partial charge in [-0.15, -0.1) is 0 Å². The van der Waals surface area contributed by atoms with Gasteiger partial charge in [-0.05, 0) is 86.5 Å². The molecule has 1 aromatic heterocycles. The number of anilines is 3. The monoisotopic (exact) mass is 669 g/mol. The quantitative estimate of drug-likeness (QED) is 0.118. The maximum atomic E-state index is 6.25. The van der Waals surface area contributed by atoms with Crippen molar-refractivity contribution in [2.75, 3.05) is 4.90 Å². The van der Waals surface area contributed by atoms with Crippen molar-refractivity contribution in [1.29, 1.82) is 0 Å². The highest BCUT2D eigenvalue weighted by atomic mass is 28.3. The van der Waals surface area contributed by atoms with Crippen molar-refractivity contribution in [2.45, 2.75) is 0 Å². The Hall–Kier alpha value is -6.42. The van der Waals surface area contributed by atoms with Gasteiger partial charge in [-0.1, -0.05) is 158 Å². The first kappa shape index (κ1) is 30.6. The number of hydrogen-bond acceptors (Lipinski definition) is 2. The molecule has 0 bridgehead atoms. The summed E-state index contributed by atoms with van der Waals surface area (Å²) in [7, 11) is -2.74. The van der Waals surface area contributed by atoms with Crippen LogP contribution in [0.1, 0.15) is 0 Å². The third-order valence-electron chi connectivity index (χ3n) is 10.0. The molecular formula is C48H35NOSi. The maximum absolute atomic E-state index is 6.25. The molecule has 0 N–H and O–H groups in total. The third-order valence-corrected chi connectivity index (χ3v) is 14.8. The van der Waals surface area contributed by atoms with E-state index in [0.717, 1.165) is 44.6 Å². The molecule has 2 nitrogen and oxygen atoms in total. The SMILES string of the molecule is c1ccc(N(c2ccccc2)c2ccc([Si](c3ccccc3)(c3ccccc3)c3ccc(-c4ccc5c(c4)oc4ccccc45)cc3)cc2)cc1. The largest absolute Gasteiger partial charge is 0.456 e. The van der Waals surface area contributed by atoms with Crippen LogP contribution in [-0.4, -0.2) is 8.07 Å². The molecule has 0 fully saturated rings. The summed E-state index contributed by atoms with van der Waals surface area (Å²) >= 11 is 0. The van der Waals surface area contributed by atoms with Crippen LogP contribution in [0.4, 0.5) is 17.1 Å². The fourth-order valence-electron chi connectivity index (χ4n) is 7.66. The van der Waals surface area contributed by atoms with Crippen molar-refractivity contribution < 1.29 is 4.42 Å². The average molecular weight is 670 g/mol. The highest BCUT2D eigenvalue weighted by Gasteiger charge is 2.41. The van der Waals surface area contributed by atoms with E-state index in [0.29, 0.717) is 0 Å². The minimum atomic E-state index is -2.74. The van der Waals surface area contributed by atoms with Gasteiger partial charge in [0.2, 0.25) is 0 Å². The van der Waals surface area contributed by atoms with Crippen LogP contribution in [0.5, 0.6) is 0 Å². The Bertz CT molecular complexity index is 2470. The van der Waals surface area contributed by atoms with Gasteiger partial charge in [0.05, 0.1) is 0 Å². The summed E-state index contributed by atoms with van der Waals surface area (Å²) in [5, 5.41) is 7.67. The lowest BCUT2D eigenvalue weighted by molar-refractivity contribution is 0.669. The molecule has 0 aliphatic carbocycles. The van der Waals surface area contributed by atoms with Crippen LogP contribution in [0.15, 0.2) is 217 Å². The molecule has 0 aliphatic heterocycles. The predicted molar refractivity (Wildman–Crippen MR) is 217 cm³/mol. The van der Waals surface area contributed by atoms with E-state index in [9.17, 15) is 0 Å². The molecule has 1 heterocycles. The Morgan fingerprint density at radius 2 is 0.725 bits per heavy atom. The van der Waals surface area contributed by atoms with E-state index < -0.39 is 8.07 Å². The van der Waals surface area contributed by atoms with Crippen LogP contribution in [0.2, 0.25) is 0 Å². The Balaban J connectivity index is 1.19. The summed E-state index contributed by atoms with van der Waals surface area (Å²) in [4.78, 5) is 2.33. The van der Waals surface area contributed by atoms with Gasteiger partial charge in [0.1, 0.15) is 11.2 Å². The van der Waals surface area contributed by atoms with E-state index in [4.69, 9.17) is 4.42 Å². The molecule has 9 rings (SSSR count). The molecule has 242 valence electrons. The van der Waals surface area contributed by atoms with Gasteiger partial charge in [0, 0.05) is 27.8 Å². The summed E-state index contributed by atoms with van der Waals surface area (Å²) in [5.41, 5.74) is 7.52. The number of rotatable bonds is 8. The lowest BCUT2D eigenvalue weighted by atomic mass is 10.0. The van der Waals surface area contributed by atoms with Gasteiger partial charge in [-0.3, -0.25) is 0 Å². The minimum absolute atomic E-state index is 0.912. The van der Waals surface area contributed by atoms with Gasteiger partial charge < -0.3 is 9.32 Å². The van der Waals surface area contributed by atoms with Crippen molar-refractivity contribution in [1.82, 2.24) is 0 Å². The molecule has 8 aromatic carbocycles. The average Bonchev–Trinajstić information content (AvgIpc) is 3.59. The molecule has 0 amide bonds. The lowest BCUT2D eigenvalue weighted by Gasteiger charge is -2.35. The number of benzene rings is 8. The summed E-state index contributed by atoms with van der Waals surface area (Å²) in [5.74, 6) is 0. The number of fused-ring (bicyclic) bond motifs is 3. The summed E-state index contributed by atoms with van der Waals surface area (Å²) in [6, 6.07) is 76.8. The van der Waals surface area contributed by atoms with E-state index in [1.807, 2.05) is 12.1 Å². The van der Waals surface area contributed by atoms with Crippen LogP contribution in [0, 0.1) is 0 Å². The minimum Gasteiger partial charge on any atom is -0.456 e. The first-order valence-electron chi connectivity index (χ1n) is 17.4. The lowest BCUT2D eigenvalue weighted by Crippen LogP contribution is -2.74. The van der Waals surface area contributed by atoms with E-state index in [1.165, 1.54) is 26.3 Å². The zero-order valence-corrected chi connectivity index (χ0v) is 29.1. The van der Waals surface area contributed by atoms with Gasteiger partial charge in [-0.2, -0.15) is 0 Å². The zero-order chi connectivity index (χ0) is 34.0. The van der Waals surface area contributed by atoms with Crippen molar-refractivity contribution in [2.24, 2.45) is 0 Å². The highest BCUT2D eigenvalue weighted by molar-refractivity contribution is 7.19. The molecule has 0 aliphatic rings. The molecular weight excluding hydrogens is 635 g/mol. The Kier molecular flexibility index (Phi) is 7.88. The van der Waals surface area contributed by atoms with E-state index >= 15 is 0 Å². The van der Waals surface area contributed by atoms with Gasteiger partial charge in [0.25, 0.3) is 0 Å². The smallest absolute Gasteiger partial charge is 0.179 e. The van der Waals surface area contributed by atoms with E-state index in [-0.39, 0.29) is 0 Å². The second-order valence-electron chi connectivity index (χ2n) is 12.9. The fraction of sp³-hybridized carbons (Fsp3) is 0. The molecule has 0 spiro atoms. The molecule has 0 saturated heterocycles. The number of para-hydroxylation sites is 3. The maximum Gasteiger partial charge on any atom is 0.179 e. The van der Waals surface area contributed by atoms with Crippen LogP contribution in [0.25, 0.3) is 33.1 Å². The second-order valence-corrected chi connectivity index (χ2v) is 16.7. The molecule has 0 unspecified atom stereocenters. The molecule has 0 atom stereocenters. The normalized spacial score (nSPS) is 11.5. The fourth-order valence-corrected chi connectivity index (χ4v) is 12.4. The van der Waals surface area contributed by atoms with Gasteiger partial charge >= 0.3 is 0 Å². The van der Waals surface area contributed by atoms with E-state index in [2.05, 4.69) is 205 Å². The van der Waals surface area contributed by atoms with Crippen molar-refractivity contribution in [3.63, 3.8) is 0 Å². The topological polar surface area (TPSA) is 16.4 Å². The molecule has 9 aromatic rings. The van der Waals surface area contributed by atoms with Crippen LogP contribution >= 0.6 is 0 Å². The molecule has 0 saturated carbocycles. The first-order chi connectivity index (χ1) is 25.3. The Morgan fingerprint density at radius 3 is 1.29 bits per heavy atom. The Labute approximate surface area is 299 Å². The van der Waals surface area contributed by atoms with E-state index in [1.54, 1.807) is 0 Å². The first-order valence-corrected chi connectivity index (χ1v) is 19.4. The van der Waals surface area contributed by atoms with Crippen molar-refractivity contribution >= 4 is 67.8 Å². The highest BCUT2D eigenvalue weighted by Crippen LogP contribution is 2.34. The third kappa shape index (κ3) is 5.45. The number of nitrogens with zero attached hydrogens (tertiary/aromatic N) is 1. The Morgan fingerprint density at radius 1 is 0.314 bits per heavy atom.